The molecule has 1 atom stereocenters. The van der Waals surface area contributed by atoms with Gasteiger partial charge < -0.3 is 10.4 Å². The Bertz CT molecular complexity index is 128. The molecular weight excluding hydrogens is 150 g/mol. The minimum absolute atomic E-state index is 0.115. The van der Waals surface area contributed by atoms with Crippen molar-refractivity contribution in [1.82, 2.24) is 5.32 Å². The van der Waals surface area contributed by atoms with Crippen LogP contribution in [0.25, 0.3) is 0 Å². The van der Waals surface area contributed by atoms with Gasteiger partial charge >= 0.3 is 0 Å². The summed E-state index contributed by atoms with van der Waals surface area (Å²) in [6.45, 7) is 6.91. The summed E-state index contributed by atoms with van der Waals surface area (Å²) in [7, 11) is 0. The van der Waals surface area contributed by atoms with Crippen molar-refractivity contribution in [1.29, 1.82) is 0 Å². The molecule has 2 N–H and O–H groups in total. The van der Waals surface area contributed by atoms with E-state index >= 15 is 0 Å². The largest absolute Gasteiger partial charge is 0.396 e. The topological polar surface area (TPSA) is 32.3 Å². The van der Waals surface area contributed by atoms with Crippen LogP contribution in [0, 0.1) is 11.3 Å². The number of aliphatic hydroxyl groups is 1. The van der Waals surface area contributed by atoms with E-state index < -0.39 is 0 Å². The molecule has 1 unspecified atom stereocenters. The molecule has 0 amide bonds. The molecule has 2 heteroatoms. The molecule has 0 spiro atoms. The van der Waals surface area contributed by atoms with Crippen molar-refractivity contribution in [3.05, 3.63) is 0 Å². The first-order valence-electron chi connectivity index (χ1n) is 4.96. The summed E-state index contributed by atoms with van der Waals surface area (Å²) in [4.78, 5) is 0. The van der Waals surface area contributed by atoms with Crippen molar-refractivity contribution in [2.24, 2.45) is 11.3 Å². The van der Waals surface area contributed by atoms with Gasteiger partial charge in [0.25, 0.3) is 0 Å². The Hall–Kier alpha value is -0.0800. The van der Waals surface area contributed by atoms with Crippen molar-refractivity contribution in [3.63, 3.8) is 0 Å². The Morgan fingerprint density at radius 1 is 1.50 bits per heavy atom. The molecule has 1 aliphatic heterocycles. The zero-order chi connectivity index (χ0) is 9.03. The van der Waals surface area contributed by atoms with E-state index in [9.17, 15) is 0 Å². The van der Waals surface area contributed by atoms with E-state index in [1.165, 1.54) is 19.4 Å². The molecule has 12 heavy (non-hydrogen) atoms. The van der Waals surface area contributed by atoms with Gasteiger partial charge in [0.1, 0.15) is 0 Å². The second-order valence-electron chi connectivity index (χ2n) is 4.74. The molecule has 1 fully saturated rings. The standard InChI is InChI=1S/C10H21NO/c1-10(2,8-12)6-9-4-3-5-11-7-9/h9,11-12H,3-8H2,1-2H3. The Balaban J connectivity index is 2.28. The molecule has 2 nitrogen and oxygen atoms in total. The number of hydrogen-bond donors (Lipinski definition) is 2. The third-order valence-electron chi connectivity index (χ3n) is 2.67. The van der Waals surface area contributed by atoms with Crippen molar-refractivity contribution < 1.29 is 5.11 Å². The molecule has 0 aromatic carbocycles. The van der Waals surface area contributed by atoms with Gasteiger partial charge in [-0.25, -0.2) is 0 Å². The van der Waals surface area contributed by atoms with Gasteiger partial charge in [0.05, 0.1) is 0 Å². The van der Waals surface area contributed by atoms with Crippen LogP contribution in [-0.4, -0.2) is 24.8 Å². The van der Waals surface area contributed by atoms with Crippen LogP contribution in [0.3, 0.4) is 0 Å². The Morgan fingerprint density at radius 3 is 2.75 bits per heavy atom. The monoisotopic (exact) mass is 171 g/mol. The maximum absolute atomic E-state index is 9.10. The van der Waals surface area contributed by atoms with Gasteiger partial charge in [-0.15, -0.1) is 0 Å². The van der Waals surface area contributed by atoms with Crippen LogP contribution in [0.5, 0.6) is 0 Å². The van der Waals surface area contributed by atoms with Gasteiger partial charge in [-0.3, -0.25) is 0 Å². The van der Waals surface area contributed by atoms with Gasteiger partial charge in [0.2, 0.25) is 0 Å². The predicted molar refractivity (Wildman–Crippen MR) is 51.1 cm³/mol. The van der Waals surface area contributed by atoms with E-state index in [1.807, 2.05) is 0 Å². The fourth-order valence-corrected chi connectivity index (χ4v) is 1.94. The van der Waals surface area contributed by atoms with Crippen LogP contribution in [0.4, 0.5) is 0 Å². The highest BCUT2D eigenvalue weighted by atomic mass is 16.3. The number of hydrogen-bond acceptors (Lipinski definition) is 2. The van der Waals surface area contributed by atoms with Crippen LogP contribution in [0.1, 0.15) is 33.1 Å². The molecular formula is C10H21NO. The fourth-order valence-electron chi connectivity index (χ4n) is 1.94. The molecule has 72 valence electrons. The summed E-state index contributed by atoms with van der Waals surface area (Å²) in [5.74, 6) is 0.779. The van der Waals surface area contributed by atoms with E-state index in [0.717, 1.165) is 18.9 Å². The summed E-state index contributed by atoms with van der Waals surface area (Å²) in [6.07, 6.45) is 3.78. The van der Waals surface area contributed by atoms with E-state index in [2.05, 4.69) is 19.2 Å². The van der Waals surface area contributed by atoms with Crippen molar-refractivity contribution in [2.75, 3.05) is 19.7 Å². The highest BCUT2D eigenvalue weighted by Crippen LogP contribution is 2.27. The number of rotatable bonds is 3. The van der Waals surface area contributed by atoms with Gasteiger partial charge in [-0.05, 0) is 43.7 Å². The van der Waals surface area contributed by atoms with Gasteiger partial charge in [0, 0.05) is 6.61 Å². The summed E-state index contributed by atoms with van der Waals surface area (Å²) in [5.41, 5.74) is 0.115. The maximum atomic E-state index is 9.10. The minimum Gasteiger partial charge on any atom is -0.396 e. The summed E-state index contributed by atoms with van der Waals surface area (Å²) in [6, 6.07) is 0. The van der Waals surface area contributed by atoms with Crippen LogP contribution in [-0.2, 0) is 0 Å². The molecule has 0 aliphatic carbocycles. The smallest absolute Gasteiger partial charge is 0.0482 e. The van der Waals surface area contributed by atoms with E-state index in [4.69, 9.17) is 5.11 Å². The first-order valence-corrected chi connectivity index (χ1v) is 4.96. The molecule has 1 aliphatic rings. The molecule has 1 saturated heterocycles. The first-order chi connectivity index (χ1) is 5.64. The van der Waals surface area contributed by atoms with Crippen LogP contribution < -0.4 is 5.32 Å². The average Bonchev–Trinajstić information content (AvgIpc) is 2.06. The maximum Gasteiger partial charge on any atom is 0.0482 e. The Labute approximate surface area is 75.4 Å². The van der Waals surface area contributed by atoms with E-state index in [-0.39, 0.29) is 5.41 Å². The average molecular weight is 171 g/mol. The summed E-state index contributed by atoms with van der Waals surface area (Å²) < 4.78 is 0. The molecule has 0 radical (unpaired) electrons. The third-order valence-corrected chi connectivity index (χ3v) is 2.67. The highest BCUT2D eigenvalue weighted by Gasteiger charge is 2.23. The predicted octanol–water partition coefficient (Wildman–Crippen LogP) is 1.39. The van der Waals surface area contributed by atoms with Crippen LogP contribution >= 0.6 is 0 Å². The second-order valence-corrected chi connectivity index (χ2v) is 4.74. The molecule has 0 aromatic heterocycles. The quantitative estimate of drug-likeness (QED) is 0.672. The first kappa shape index (κ1) is 10.0. The van der Waals surface area contributed by atoms with E-state index in [1.54, 1.807) is 0 Å². The normalized spacial score (nSPS) is 25.8. The van der Waals surface area contributed by atoms with Gasteiger partial charge in [-0.1, -0.05) is 13.8 Å². The number of nitrogens with one attached hydrogen (secondary N) is 1. The summed E-state index contributed by atoms with van der Waals surface area (Å²) in [5, 5.41) is 12.5. The second kappa shape index (κ2) is 4.24. The SMILES string of the molecule is CC(C)(CO)CC1CCCNC1. The molecule has 0 bridgehead atoms. The van der Waals surface area contributed by atoms with Crippen molar-refractivity contribution >= 4 is 0 Å². The lowest BCUT2D eigenvalue weighted by molar-refractivity contribution is 0.122. The molecule has 0 saturated carbocycles. The third kappa shape index (κ3) is 3.11. The zero-order valence-electron chi connectivity index (χ0n) is 8.27. The number of aliphatic hydroxyl groups excluding tert-OH is 1. The van der Waals surface area contributed by atoms with Crippen LogP contribution in [0.2, 0.25) is 0 Å². The lowest BCUT2D eigenvalue weighted by atomic mass is 9.81. The molecule has 1 heterocycles. The Kier molecular flexibility index (Phi) is 3.53. The van der Waals surface area contributed by atoms with Crippen molar-refractivity contribution in [3.8, 4) is 0 Å². The van der Waals surface area contributed by atoms with Crippen LogP contribution in [0.15, 0.2) is 0 Å². The van der Waals surface area contributed by atoms with E-state index in [0.29, 0.717) is 6.61 Å². The minimum atomic E-state index is 0.115. The number of piperidine rings is 1. The lowest BCUT2D eigenvalue weighted by Crippen LogP contribution is -2.33. The van der Waals surface area contributed by atoms with Gasteiger partial charge in [0.15, 0.2) is 0 Å². The fraction of sp³-hybridized carbons (Fsp3) is 1.00. The zero-order valence-corrected chi connectivity index (χ0v) is 8.27. The Morgan fingerprint density at radius 2 is 2.25 bits per heavy atom. The van der Waals surface area contributed by atoms with Crippen molar-refractivity contribution in [2.45, 2.75) is 33.1 Å². The lowest BCUT2D eigenvalue weighted by Gasteiger charge is -2.30. The molecule has 1 rings (SSSR count). The highest BCUT2D eigenvalue weighted by molar-refractivity contribution is 4.76. The summed E-state index contributed by atoms with van der Waals surface area (Å²) >= 11 is 0. The molecule has 0 aromatic rings. The van der Waals surface area contributed by atoms with Gasteiger partial charge in [-0.2, -0.15) is 0 Å².